The fourth-order valence-electron chi connectivity index (χ4n) is 3.71. The quantitative estimate of drug-likeness (QED) is 0.300. The molecule has 1 aromatic carbocycles. The smallest absolute Gasteiger partial charge is 0.298 e. The Bertz CT molecular complexity index is 1150. The van der Waals surface area contributed by atoms with E-state index in [1.807, 2.05) is 30.3 Å². The van der Waals surface area contributed by atoms with Gasteiger partial charge in [-0.3, -0.25) is 9.59 Å². The van der Waals surface area contributed by atoms with E-state index >= 15 is 0 Å². The number of ketones is 1. The summed E-state index contributed by atoms with van der Waals surface area (Å²) in [6.07, 6.45) is 2.82. The number of carbonyl (C=O) groups is 2. The predicted molar refractivity (Wildman–Crippen MR) is 121 cm³/mol. The zero-order valence-corrected chi connectivity index (χ0v) is 17.9. The highest BCUT2D eigenvalue weighted by atomic mass is 35.5. The number of carbonyl (C=O) groups excluding carboxylic acids is 2. The Morgan fingerprint density at radius 2 is 1.84 bits per heavy atom. The third-order valence-electron chi connectivity index (χ3n) is 5.53. The van der Waals surface area contributed by atoms with Crippen molar-refractivity contribution in [2.75, 3.05) is 31.1 Å². The molecule has 2 fully saturated rings. The van der Waals surface area contributed by atoms with Gasteiger partial charge in [0.1, 0.15) is 5.82 Å². The van der Waals surface area contributed by atoms with Crippen LogP contribution in [0.5, 0.6) is 0 Å². The molecule has 2 saturated heterocycles. The molecule has 0 atom stereocenters. The van der Waals surface area contributed by atoms with Crippen LogP contribution in [-0.4, -0.2) is 51.7 Å². The molecular weight excluding hydrogens is 430 g/mol. The molecule has 0 aliphatic carbocycles. The number of amides is 1. The maximum Gasteiger partial charge on any atom is 0.298 e. The highest BCUT2D eigenvalue weighted by Gasteiger charge is 2.39. The van der Waals surface area contributed by atoms with Crippen LogP contribution in [0.3, 0.4) is 0 Å². The van der Waals surface area contributed by atoms with E-state index in [0.717, 1.165) is 18.4 Å². The van der Waals surface area contributed by atoms with Crippen LogP contribution in [0.25, 0.3) is 0 Å². The molecule has 32 heavy (non-hydrogen) atoms. The summed E-state index contributed by atoms with van der Waals surface area (Å²) in [5, 5.41) is 6.51. The number of nitrogens with two attached hydrogens (primary N) is 2. The number of anilines is 2. The van der Waals surface area contributed by atoms with Crippen molar-refractivity contribution in [3.63, 3.8) is 0 Å². The summed E-state index contributed by atoms with van der Waals surface area (Å²) in [4.78, 5) is 34.5. The van der Waals surface area contributed by atoms with Crippen LogP contribution in [0.4, 0.5) is 11.6 Å². The van der Waals surface area contributed by atoms with Gasteiger partial charge in [0.2, 0.25) is 5.78 Å². The Morgan fingerprint density at radius 3 is 2.56 bits per heavy atom. The van der Waals surface area contributed by atoms with Crippen LogP contribution >= 0.6 is 11.6 Å². The van der Waals surface area contributed by atoms with Crippen molar-refractivity contribution >= 4 is 34.9 Å². The minimum atomic E-state index is -0.437. The number of nitrogens with zero attached hydrogens (tertiary/aromatic N) is 3. The Morgan fingerprint density at radius 1 is 1.12 bits per heavy atom. The number of benzene rings is 1. The summed E-state index contributed by atoms with van der Waals surface area (Å²) >= 11 is 5.86. The highest BCUT2D eigenvalue weighted by Crippen LogP contribution is 2.27. The maximum absolute atomic E-state index is 12.6. The first kappa shape index (κ1) is 21.5. The molecule has 3 heterocycles. The number of nitrogens with one attached hydrogen (secondary N) is 2. The summed E-state index contributed by atoms with van der Waals surface area (Å²) in [5.74, 6) is 5.45. The molecule has 1 spiro atoms. The van der Waals surface area contributed by atoms with Gasteiger partial charge < -0.3 is 27.0 Å². The molecule has 0 radical (unpaired) electrons. The van der Waals surface area contributed by atoms with Crippen molar-refractivity contribution in [3.8, 4) is 11.8 Å². The molecule has 0 bridgehead atoms. The van der Waals surface area contributed by atoms with E-state index in [-0.39, 0.29) is 33.9 Å². The molecule has 2 aromatic rings. The van der Waals surface area contributed by atoms with Crippen LogP contribution in [0.15, 0.2) is 42.2 Å². The van der Waals surface area contributed by atoms with E-state index in [2.05, 4.69) is 32.4 Å². The van der Waals surface area contributed by atoms with Crippen molar-refractivity contribution < 1.29 is 9.59 Å². The SMILES string of the molecule is Nc1nc(N)c(C(=O)/C=C2\NCC3(CCN(C(=O)C#Cc4ccccc4)CC3)N2)nc1Cl. The number of likely N-dealkylation sites (tertiary alicyclic amines) is 1. The van der Waals surface area contributed by atoms with E-state index in [9.17, 15) is 9.59 Å². The Labute approximate surface area is 190 Å². The maximum atomic E-state index is 12.6. The molecule has 2 aliphatic rings. The summed E-state index contributed by atoms with van der Waals surface area (Å²) in [6.45, 7) is 1.78. The number of piperidine rings is 1. The number of aromatic nitrogens is 2. The molecule has 164 valence electrons. The first-order valence-electron chi connectivity index (χ1n) is 10.1. The first-order valence-corrected chi connectivity index (χ1v) is 10.5. The molecule has 4 rings (SSSR count). The van der Waals surface area contributed by atoms with Gasteiger partial charge in [-0.2, -0.15) is 0 Å². The van der Waals surface area contributed by atoms with E-state index < -0.39 is 5.78 Å². The van der Waals surface area contributed by atoms with Crippen molar-refractivity contribution in [2.24, 2.45) is 0 Å². The predicted octanol–water partition coefficient (Wildman–Crippen LogP) is 0.924. The molecule has 9 nitrogen and oxygen atoms in total. The topological polar surface area (TPSA) is 139 Å². The molecule has 6 N–H and O–H groups in total. The van der Waals surface area contributed by atoms with Crippen molar-refractivity contribution in [3.05, 3.63) is 58.6 Å². The molecule has 10 heteroatoms. The molecule has 1 amide bonds. The number of hydrogen-bond donors (Lipinski definition) is 4. The fourth-order valence-corrected chi connectivity index (χ4v) is 3.84. The van der Waals surface area contributed by atoms with Gasteiger partial charge in [0.15, 0.2) is 22.5 Å². The van der Waals surface area contributed by atoms with E-state index in [1.165, 1.54) is 6.08 Å². The molecule has 0 saturated carbocycles. The summed E-state index contributed by atoms with van der Waals surface area (Å²) < 4.78 is 0. The normalized spacial score (nSPS) is 17.9. The summed E-state index contributed by atoms with van der Waals surface area (Å²) in [7, 11) is 0. The Balaban J connectivity index is 1.37. The zero-order valence-electron chi connectivity index (χ0n) is 17.2. The number of halogens is 1. The van der Waals surface area contributed by atoms with Crippen LogP contribution in [0, 0.1) is 11.8 Å². The third kappa shape index (κ3) is 4.60. The minimum Gasteiger partial charge on any atom is -0.382 e. The number of nitrogen functional groups attached to an aromatic ring is 2. The molecule has 0 unspecified atom stereocenters. The largest absolute Gasteiger partial charge is 0.382 e. The standard InChI is InChI=1S/C22H22ClN7O2/c23-19-21(25)28-20(24)18(27-19)15(31)12-16-26-13-22(29-16)8-10-30(11-9-22)17(32)7-6-14-4-2-1-3-5-14/h1-5,12,26,29H,8-11,13H2,(H4,24,25,28)/b16-12+. The van der Waals surface area contributed by atoms with Crippen LogP contribution in [0.2, 0.25) is 5.15 Å². The van der Waals surface area contributed by atoms with E-state index in [0.29, 0.717) is 25.5 Å². The van der Waals surface area contributed by atoms with Gasteiger partial charge in [-0.05, 0) is 25.0 Å². The monoisotopic (exact) mass is 451 g/mol. The number of hydrogen-bond acceptors (Lipinski definition) is 8. The van der Waals surface area contributed by atoms with Crippen molar-refractivity contribution in [2.45, 2.75) is 18.4 Å². The molecular formula is C22H22ClN7O2. The molecule has 1 aromatic heterocycles. The summed E-state index contributed by atoms with van der Waals surface area (Å²) in [5.41, 5.74) is 11.8. The van der Waals surface area contributed by atoms with Crippen molar-refractivity contribution in [1.82, 2.24) is 25.5 Å². The lowest BCUT2D eigenvalue weighted by Gasteiger charge is -2.38. The number of allylic oxidation sites excluding steroid dienone is 1. The zero-order chi connectivity index (χ0) is 22.7. The van der Waals surface area contributed by atoms with Gasteiger partial charge in [0.05, 0.1) is 5.54 Å². The van der Waals surface area contributed by atoms with Gasteiger partial charge >= 0.3 is 0 Å². The summed E-state index contributed by atoms with van der Waals surface area (Å²) in [6, 6.07) is 9.41. The average molecular weight is 452 g/mol. The Kier molecular flexibility index (Phi) is 5.88. The van der Waals surface area contributed by atoms with Crippen LogP contribution < -0.4 is 22.1 Å². The van der Waals surface area contributed by atoms with Gasteiger partial charge in [0, 0.05) is 37.2 Å². The van der Waals surface area contributed by atoms with Crippen molar-refractivity contribution in [1.29, 1.82) is 0 Å². The van der Waals surface area contributed by atoms with Gasteiger partial charge in [-0.25, -0.2) is 9.97 Å². The van der Waals surface area contributed by atoms with Gasteiger partial charge in [-0.15, -0.1) is 0 Å². The lowest BCUT2D eigenvalue weighted by atomic mass is 9.88. The van der Waals surface area contributed by atoms with Crippen LogP contribution in [0.1, 0.15) is 28.9 Å². The second-order valence-electron chi connectivity index (χ2n) is 7.72. The lowest BCUT2D eigenvalue weighted by Crippen LogP contribution is -2.52. The minimum absolute atomic E-state index is 0.0285. The fraction of sp³-hybridized carbons (Fsp3) is 0.273. The highest BCUT2D eigenvalue weighted by molar-refractivity contribution is 6.31. The van der Waals surface area contributed by atoms with Gasteiger partial charge in [-0.1, -0.05) is 35.7 Å². The van der Waals surface area contributed by atoms with E-state index in [1.54, 1.807) is 4.90 Å². The Hall–Kier alpha value is -3.77. The lowest BCUT2D eigenvalue weighted by molar-refractivity contribution is -0.126. The second kappa shape index (κ2) is 8.77. The molecule has 2 aliphatic heterocycles. The average Bonchev–Trinajstić information content (AvgIpc) is 3.17. The number of rotatable bonds is 2. The first-order chi connectivity index (χ1) is 15.3. The van der Waals surface area contributed by atoms with E-state index in [4.69, 9.17) is 23.1 Å². The van der Waals surface area contributed by atoms with Gasteiger partial charge in [0.25, 0.3) is 5.91 Å². The second-order valence-corrected chi connectivity index (χ2v) is 8.08. The van der Waals surface area contributed by atoms with Crippen LogP contribution in [-0.2, 0) is 4.79 Å². The third-order valence-corrected chi connectivity index (χ3v) is 5.80.